The summed E-state index contributed by atoms with van der Waals surface area (Å²) in [4.78, 5) is 15.3. The lowest BCUT2D eigenvalue weighted by Crippen LogP contribution is -2.01. The lowest BCUT2D eigenvalue weighted by Gasteiger charge is -2.13. The van der Waals surface area contributed by atoms with E-state index >= 15 is 0 Å². The second-order valence-corrected chi connectivity index (χ2v) is 14.2. The SMILES string of the molecule is [2H]c1c([2H])c([2H])c(-c2ccccc2-c2nc(-c3cccc(-c4ccc5sc6ccccc6c5c4)c3)nc(-c3cccc4c3sc3ccccc34)n2)c([2H])c1[2H]. The molecule has 0 N–H and O–H groups in total. The fraction of sp³-hybridized carbons (Fsp3) is 0. The Balaban J connectivity index is 1.20. The van der Waals surface area contributed by atoms with Crippen LogP contribution in [0.1, 0.15) is 6.85 Å². The molecule has 10 rings (SSSR count). The monoisotopic (exact) mass is 678 g/mol. The minimum atomic E-state index is -0.441. The van der Waals surface area contributed by atoms with Crippen molar-refractivity contribution >= 4 is 63.0 Å². The molecule has 0 bridgehead atoms. The molecule has 0 aliphatic rings. The first-order valence-corrected chi connectivity index (χ1v) is 17.8. The molecule has 0 saturated carbocycles. The van der Waals surface area contributed by atoms with E-state index in [0.29, 0.717) is 28.6 Å². The Hall–Kier alpha value is -6.01. The summed E-state index contributed by atoms with van der Waals surface area (Å²) < 4.78 is 47.3. The molecule has 3 nitrogen and oxygen atoms in total. The Morgan fingerprint density at radius 1 is 0.380 bits per heavy atom. The number of hydrogen-bond donors (Lipinski definition) is 0. The molecule has 0 amide bonds. The van der Waals surface area contributed by atoms with Gasteiger partial charge in [-0.25, -0.2) is 15.0 Å². The molecule has 7 aromatic carbocycles. The smallest absolute Gasteiger partial charge is 0.165 e. The first-order valence-electron chi connectivity index (χ1n) is 18.7. The van der Waals surface area contributed by atoms with Gasteiger partial charge in [0.2, 0.25) is 0 Å². The van der Waals surface area contributed by atoms with Gasteiger partial charge in [-0.15, -0.1) is 22.7 Å². The Labute approximate surface area is 303 Å². The van der Waals surface area contributed by atoms with Gasteiger partial charge in [-0.3, -0.25) is 0 Å². The van der Waals surface area contributed by atoms with Gasteiger partial charge in [0.05, 0.1) is 6.85 Å². The summed E-state index contributed by atoms with van der Waals surface area (Å²) in [7, 11) is 0. The minimum absolute atomic E-state index is 0.0927. The van der Waals surface area contributed by atoms with Crippen LogP contribution in [0.2, 0.25) is 0 Å². The number of hydrogen-bond acceptors (Lipinski definition) is 5. The van der Waals surface area contributed by atoms with Crippen molar-refractivity contribution in [3.8, 4) is 56.4 Å². The van der Waals surface area contributed by atoms with Crippen molar-refractivity contribution < 1.29 is 6.85 Å². The molecule has 0 atom stereocenters. The molecular weight excluding hydrogens is 647 g/mol. The third-order valence-electron chi connectivity index (χ3n) is 9.05. The van der Waals surface area contributed by atoms with Crippen molar-refractivity contribution in [3.05, 3.63) is 164 Å². The first kappa shape index (κ1) is 24.2. The Bertz CT molecular complexity index is 3160. The van der Waals surface area contributed by atoms with Crippen molar-refractivity contribution in [1.82, 2.24) is 15.0 Å². The average molecular weight is 679 g/mol. The summed E-state index contributed by atoms with van der Waals surface area (Å²) in [6, 6.07) is 43.1. The van der Waals surface area contributed by atoms with Crippen molar-refractivity contribution in [2.45, 2.75) is 0 Å². The number of rotatable bonds is 5. The van der Waals surface area contributed by atoms with E-state index < -0.39 is 18.1 Å². The van der Waals surface area contributed by atoms with E-state index in [1.807, 2.05) is 48.5 Å². The third kappa shape index (κ3) is 4.90. The number of fused-ring (bicyclic) bond motifs is 6. The molecule has 0 spiro atoms. The molecule has 10 aromatic rings. The van der Waals surface area contributed by atoms with Crippen molar-refractivity contribution in [1.29, 1.82) is 0 Å². The Morgan fingerprint density at radius 3 is 1.80 bits per heavy atom. The van der Waals surface area contributed by atoms with Gasteiger partial charge in [0.15, 0.2) is 17.5 Å². The summed E-state index contributed by atoms with van der Waals surface area (Å²) in [5.41, 5.74) is 4.80. The second kappa shape index (κ2) is 11.8. The lowest BCUT2D eigenvalue weighted by atomic mass is 9.99. The van der Waals surface area contributed by atoms with Crippen LogP contribution in [0.4, 0.5) is 0 Å². The van der Waals surface area contributed by atoms with E-state index in [1.54, 1.807) is 34.8 Å². The molecule has 50 heavy (non-hydrogen) atoms. The molecule has 0 unspecified atom stereocenters. The number of aromatic nitrogens is 3. The van der Waals surface area contributed by atoms with E-state index in [1.165, 1.54) is 20.2 Å². The molecule has 3 heterocycles. The zero-order valence-electron chi connectivity index (χ0n) is 31.4. The van der Waals surface area contributed by atoms with Crippen LogP contribution in [0.3, 0.4) is 0 Å². The van der Waals surface area contributed by atoms with Gasteiger partial charge in [-0.05, 0) is 58.7 Å². The maximum atomic E-state index is 8.80. The third-order valence-corrected chi connectivity index (χ3v) is 11.4. The predicted molar refractivity (Wildman–Crippen MR) is 213 cm³/mol. The maximum Gasteiger partial charge on any atom is 0.165 e. The van der Waals surface area contributed by atoms with E-state index in [-0.39, 0.29) is 17.6 Å². The zero-order chi connectivity index (χ0) is 37.4. The second-order valence-electron chi connectivity index (χ2n) is 12.0. The van der Waals surface area contributed by atoms with Crippen molar-refractivity contribution in [2.75, 3.05) is 0 Å². The van der Waals surface area contributed by atoms with E-state index in [9.17, 15) is 0 Å². The largest absolute Gasteiger partial charge is 0.208 e. The summed E-state index contributed by atoms with van der Waals surface area (Å²) in [6.07, 6.45) is 0. The summed E-state index contributed by atoms with van der Waals surface area (Å²) >= 11 is 3.48. The van der Waals surface area contributed by atoms with Crippen LogP contribution in [0.5, 0.6) is 0 Å². The van der Waals surface area contributed by atoms with Gasteiger partial charge in [0.25, 0.3) is 0 Å². The number of thiophene rings is 2. The first-order chi connectivity index (χ1) is 26.8. The molecular formula is C45H27N3S2. The highest BCUT2D eigenvalue weighted by atomic mass is 32.1. The Morgan fingerprint density at radius 2 is 0.960 bits per heavy atom. The molecule has 0 aliphatic carbocycles. The topological polar surface area (TPSA) is 38.7 Å². The average Bonchev–Trinajstić information content (AvgIpc) is 3.80. The molecule has 0 aliphatic heterocycles. The van der Waals surface area contributed by atoms with Gasteiger partial charge in [0, 0.05) is 57.0 Å². The molecule has 0 saturated heterocycles. The lowest BCUT2D eigenvalue weighted by molar-refractivity contribution is 1.08. The molecule has 234 valence electrons. The van der Waals surface area contributed by atoms with Crippen molar-refractivity contribution in [3.63, 3.8) is 0 Å². The number of benzene rings is 7. The zero-order valence-corrected chi connectivity index (χ0v) is 28.0. The Kier molecular flexibility index (Phi) is 5.73. The normalized spacial score (nSPS) is 13.0. The van der Waals surface area contributed by atoms with Crippen molar-refractivity contribution in [2.24, 2.45) is 0 Å². The maximum absolute atomic E-state index is 8.80. The van der Waals surface area contributed by atoms with Gasteiger partial charge >= 0.3 is 0 Å². The van der Waals surface area contributed by atoms with Crippen LogP contribution in [-0.2, 0) is 0 Å². The summed E-state index contributed by atoms with van der Waals surface area (Å²) in [5, 5.41) is 4.72. The highest BCUT2D eigenvalue weighted by molar-refractivity contribution is 7.26. The highest BCUT2D eigenvalue weighted by Gasteiger charge is 2.19. The van der Waals surface area contributed by atoms with E-state index in [4.69, 9.17) is 21.8 Å². The van der Waals surface area contributed by atoms with Gasteiger partial charge < -0.3 is 0 Å². The standard InChI is InChI=1S/C45H27N3S2/c1-2-12-28(13-3-1)32-16-4-5-19-36(32)44-46-43(47-45(48-44)37-21-11-20-35-33-17-6-9-23-40(33)50-42(35)37)31-15-10-14-29(26-31)30-24-25-41-38(27-30)34-18-7-8-22-39(34)49-41/h1-27H/i1D,2D,3D,12D,13D. The summed E-state index contributed by atoms with van der Waals surface area (Å²) in [5.74, 6) is 1.26. The number of nitrogens with zero attached hydrogens (tertiary/aromatic N) is 3. The van der Waals surface area contributed by atoms with Crippen LogP contribution in [0.15, 0.2) is 164 Å². The molecule has 5 heteroatoms. The molecule has 0 fully saturated rings. The molecule has 3 aromatic heterocycles. The van der Waals surface area contributed by atoms with Gasteiger partial charge in [-0.2, -0.15) is 0 Å². The van der Waals surface area contributed by atoms with Crippen LogP contribution < -0.4 is 0 Å². The van der Waals surface area contributed by atoms with E-state index in [2.05, 4.69) is 72.8 Å². The van der Waals surface area contributed by atoms with Crippen LogP contribution in [0.25, 0.3) is 96.8 Å². The van der Waals surface area contributed by atoms with Gasteiger partial charge in [0.1, 0.15) is 0 Å². The van der Waals surface area contributed by atoms with Gasteiger partial charge in [-0.1, -0.05) is 127 Å². The fourth-order valence-corrected chi connectivity index (χ4v) is 8.99. The molecule has 0 radical (unpaired) electrons. The minimum Gasteiger partial charge on any atom is -0.208 e. The summed E-state index contributed by atoms with van der Waals surface area (Å²) in [6.45, 7) is 0. The quantitative estimate of drug-likeness (QED) is 0.182. The van der Waals surface area contributed by atoms with E-state index in [0.717, 1.165) is 42.4 Å². The predicted octanol–water partition coefficient (Wildman–Crippen LogP) is 12.9. The highest BCUT2D eigenvalue weighted by Crippen LogP contribution is 2.41. The van der Waals surface area contributed by atoms with Crippen LogP contribution >= 0.6 is 22.7 Å². The fourth-order valence-electron chi connectivity index (χ4n) is 6.69. The van der Waals surface area contributed by atoms with Crippen LogP contribution in [0, 0.1) is 0 Å². The van der Waals surface area contributed by atoms with Crippen LogP contribution in [-0.4, -0.2) is 15.0 Å².